The van der Waals surface area contributed by atoms with E-state index < -0.39 is 0 Å². The average Bonchev–Trinajstić information content (AvgIpc) is 3.15. The van der Waals surface area contributed by atoms with Gasteiger partial charge < -0.3 is 9.13 Å². The molecule has 2 aromatic heterocycles. The van der Waals surface area contributed by atoms with Gasteiger partial charge in [0.05, 0.1) is 22.1 Å². The first-order chi connectivity index (χ1) is 12.6. The molecule has 0 atom stereocenters. The number of rotatable bonds is 5. The molecule has 0 unspecified atom stereocenters. The van der Waals surface area contributed by atoms with Crippen LogP contribution in [-0.2, 0) is 25.9 Å². The van der Waals surface area contributed by atoms with Crippen LogP contribution in [0.1, 0.15) is 36.6 Å². The van der Waals surface area contributed by atoms with E-state index in [1.807, 2.05) is 0 Å². The predicted molar refractivity (Wildman–Crippen MR) is 108 cm³/mol. The van der Waals surface area contributed by atoms with Gasteiger partial charge in [-0.2, -0.15) is 0 Å². The molecule has 26 heavy (non-hydrogen) atoms. The van der Waals surface area contributed by atoms with Crippen molar-refractivity contribution in [3.63, 3.8) is 0 Å². The second kappa shape index (κ2) is 6.60. The fourth-order valence-corrected chi connectivity index (χ4v) is 3.89. The fraction of sp³-hybridized carbons (Fsp3) is 0.364. The molecule has 0 radical (unpaired) electrons. The lowest BCUT2D eigenvalue weighted by atomic mass is 10.2. The van der Waals surface area contributed by atoms with E-state index in [0.717, 1.165) is 48.6 Å². The number of hydrogen-bond donors (Lipinski definition) is 0. The normalized spacial score (nSPS) is 11.7. The van der Waals surface area contributed by atoms with E-state index in [-0.39, 0.29) is 0 Å². The number of nitrogens with zero attached hydrogens (tertiary/aromatic N) is 4. The zero-order valence-electron chi connectivity index (χ0n) is 16.1. The van der Waals surface area contributed by atoms with E-state index in [4.69, 9.17) is 9.97 Å². The number of aryl methyl sites for hydroxylation is 6. The van der Waals surface area contributed by atoms with Crippen LogP contribution in [0.15, 0.2) is 36.4 Å². The molecular weight excluding hydrogens is 320 g/mol. The van der Waals surface area contributed by atoms with Crippen LogP contribution in [0.5, 0.6) is 0 Å². The van der Waals surface area contributed by atoms with Crippen LogP contribution in [0.3, 0.4) is 0 Å². The monoisotopic (exact) mass is 346 g/mol. The Labute approximate surface area is 154 Å². The maximum absolute atomic E-state index is 4.91. The van der Waals surface area contributed by atoms with Crippen molar-refractivity contribution >= 4 is 22.1 Å². The molecule has 0 saturated carbocycles. The Morgan fingerprint density at radius 2 is 1.12 bits per heavy atom. The van der Waals surface area contributed by atoms with Crippen molar-refractivity contribution in [2.24, 2.45) is 0 Å². The van der Waals surface area contributed by atoms with Crippen molar-refractivity contribution < 1.29 is 0 Å². The Hall–Kier alpha value is -2.62. The Morgan fingerprint density at radius 3 is 1.50 bits per heavy atom. The summed E-state index contributed by atoms with van der Waals surface area (Å²) in [5.41, 5.74) is 7.17. The zero-order valence-corrected chi connectivity index (χ0v) is 16.1. The van der Waals surface area contributed by atoms with Crippen molar-refractivity contribution in [3.8, 4) is 0 Å². The molecule has 4 aromatic rings. The first kappa shape index (κ1) is 16.8. The SMILES string of the molecule is CCn1c(CCc2nc3cc(C)ccc3n2CC)nc2cc(C)ccc21. The minimum atomic E-state index is 0.907. The van der Waals surface area contributed by atoms with Gasteiger partial charge in [0.2, 0.25) is 0 Å². The van der Waals surface area contributed by atoms with Gasteiger partial charge in [0.25, 0.3) is 0 Å². The lowest BCUT2D eigenvalue weighted by molar-refractivity contribution is 0.665. The second-order valence-corrected chi connectivity index (χ2v) is 7.03. The molecule has 0 amide bonds. The highest BCUT2D eigenvalue weighted by Crippen LogP contribution is 2.21. The summed E-state index contributed by atoms with van der Waals surface area (Å²) >= 11 is 0. The smallest absolute Gasteiger partial charge is 0.110 e. The molecule has 0 saturated heterocycles. The average molecular weight is 346 g/mol. The largest absolute Gasteiger partial charge is 0.328 e. The summed E-state index contributed by atoms with van der Waals surface area (Å²) in [5.74, 6) is 2.30. The van der Waals surface area contributed by atoms with E-state index >= 15 is 0 Å². The quantitative estimate of drug-likeness (QED) is 0.519. The van der Waals surface area contributed by atoms with Crippen molar-refractivity contribution in [3.05, 3.63) is 59.2 Å². The van der Waals surface area contributed by atoms with Crippen LogP contribution in [0.2, 0.25) is 0 Å². The number of fused-ring (bicyclic) bond motifs is 2. The minimum Gasteiger partial charge on any atom is -0.328 e. The molecule has 4 heteroatoms. The van der Waals surface area contributed by atoms with Gasteiger partial charge in [0.15, 0.2) is 0 Å². The second-order valence-electron chi connectivity index (χ2n) is 7.03. The Morgan fingerprint density at radius 1 is 0.692 bits per heavy atom. The molecular formula is C22H26N4. The summed E-state index contributed by atoms with van der Waals surface area (Å²) in [5, 5.41) is 0. The molecule has 0 bridgehead atoms. The third-order valence-corrected chi connectivity index (χ3v) is 5.17. The molecule has 2 heterocycles. The van der Waals surface area contributed by atoms with Crippen molar-refractivity contribution in [2.45, 2.75) is 53.6 Å². The minimum absolute atomic E-state index is 0.907. The highest BCUT2D eigenvalue weighted by atomic mass is 15.1. The molecule has 0 fully saturated rings. The van der Waals surface area contributed by atoms with Gasteiger partial charge in [-0.25, -0.2) is 9.97 Å². The number of hydrogen-bond acceptors (Lipinski definition) is 2. The van der Waals surface area contributed by atoms with Gasteiger partial charge in [0.1, 0.15) is 11.6 Å². The molecule has 4 rings (SSSR count). The molecule has 0 aliphatic carbocycles. The summed E-state index contributed by atoms with van der Waals surface area (Å²) in [6.45, 7) is 10.5. The van der Waals surface area contributed by atoms with E-state index in [2.05, 4.69) is 73.2 Å². The molecule has 0 N–H and O–H groups in total. The van der Waals surface area contributed by atoms with Crippen LogP contribution in [0.4, 0.5) is 0 Å². The highest BCUT2D eigenvalue weighted by Gasteiger charge is 2.13. The van der Waals surface area contributed by atoms with Gasteiger partial charge in [-0.15, -0.1) is 0 Å². The van der Waals surface area contributed by atoms with Crippen LogP contribution in [0, 0.1) is 13.8 Å². The van der Waals surface area contributed by atoms with Gasteiger partial charge in [0, 0.05) is 25.9 Å². The summed E-state index contributed by atoms with van der Waals surface area (Å²) < 4.78 is 4.66. The van der Waals surface area contributed by atoms with E-state index in [9.17, 15) is 0 Å². The fourth-order valence-electron chi connectivity index (χ4n) is 3.89. The summed E-state index contributed by atoms with van der Waals surface area (Å²) in [4.78, 5) is 9.82. The van der Waals surface area contributed by atoms with Gasteiger partial charge in [-0.1, -0.05) is 12.1 Å². The number of aromatic nitrogens is 4. The molecule has 0 aliphatic rings. The van der Waals surface area contributed by atoms with Gasteiger partial charge in [-0.05, 0) is 63.1 Å². The molecule has 0 aliphatic heterocycles. The Balaban J connectivity index is 1.69. The molecule has 134 valence electrons. The maximum Gasteiger partial charge on any atom is 0.110 e. The summed E-state index contributed by atoms with van der Waals surface area (Å²) in [6, 6.07) is 13.1. The van der Waals surface area contributed by atoms with Crippen LogP contribution < -0.4 is 0 Å². The van der Waals surface area contributed by atoms with Crippen LogP contribution in [0.25, 0.3) is 22.1 Å². The predicted octanol–water partition coefficient (Wildman–Crippen LogP) is 4.83. The highest BCUT2D eigenvalue weighted by molar-refractivity contribution is 5.77. The van der Waals surface area contributed by atoms with E-state index in [0.29, 0.717) is 0 Å². The third kappa shape index (κ3) is 2.79. The van der Waals surface area contributed by atoms with Crippen molar-refractivity contribution in [1.82, 2.24) is 19.1 Å². The lowest BCUT2D eigenvalue weighted by Gasteiger charge is -2.08. The maximum atomic E-state index is 4.91. The van der Waals surface area contributed by atoms with Crippen LogP contribution in [-0.4, -0.2) is 19.1 Å². The van der Waals surface area contributed by atoms with Crippen LogP contribution >= 0.6 is 0 Å². The molecule has 0 spiro atoms. The molecule has 4 nitrogen and oxygen atoms in total. The Bertz CT molecular complexity index is 997. The zero-order chi connectivity index (χ0) is 18.3. The van der Waals surface area contributed by atoms with E-state index in [1.54, 1.807) is 0 Å². The number of imidazole rings is 2. The summed E-state index contributed by atoms with van der Waals surface area (Å²) in [6.07, 6.45) is 1.81. The topological polar surface area (TPSA) is 35.6 Å². The van der Waals surface area contributed by atoms with Gasteiger partial charge in [-0.3, -0.25) is 0 Å². The molecule has 2 aromatic carbocycles. The Kier molecular flexibility index (Phi) is 4.27. The summed E-state index contributed by atoms with van der Waals surface area (Å²) in [7, 11) is 0. The lowest BCUT2D eigenvalue weighted by Crippen LogP contribution is -2.07. The van der Waals surface area contributed by atoms with Crippen molar-refractivity contribution in [2.75, 3.05) is 0 Å². The van der Waals surface area contributed by atoms with Crippen molar-refractivity contribution in [1.29, 1.82) is 0 Å². The van der Waals surface area contributed by atoms with Gasteiger partial charge >= 0.3 is 0 Å². The third-order valence-electron chi connectivity index (χ3n) is 5.17. The first-order valence-corrected chi connectivity index (χ1v) is 9.52. The number of benzene rings is 2. The van der Waals surface area contributed by atoms with E-state index in [1.165, 1.54) is 22.2 Å². The standard InChI is InChI=1S/C22H26N4/c1-5-25-19-9-7-15(3)13-17(19)23-21(25)11-12-22-24-18-14-16(4)8-10-20(18)26(22)6-2/h7-10,13-14H,5-6,11-12H2,1-4H3. The first-order valence-electron chi connectivity index (χ1n) is 9.52.